The highest BCUT2D eigenvalue weighted by molar-refractivity contribution is 5.83. The molecular formula is C22H25N3O. The predicted molar refractivity (Wildman–Crippen MR) is 106 cm³/mol. The molecule has 0 aliphatic carbocycles. The number of aromatic nitrogens is 1. The average Bonchev–Trinajstić information content (AvgIpc) is 2.72. The summed E-state index contributed by atoms with van der Waals surface area (Å²) in [6, 6.07) is 21.0. The van der Waals surface area contributed by atoms with Gasteiger partial charge in [0.05, 0.1) is 6.10 Å². The van der Waals surface area contributed by atoms with E-state index in [1.54, 1.807) is 0 Å². The van der Waals surface area contributed by atoms with Crippen LogP contribution in [0.25, 0.3) is 10.8 Å². The minimum absolute atomic E-state index is 0.449. The lowest BCUT2D eigenvalue weighted by molar-refractivity contribution is 0.167. The highest BCUT2D eigenvalue weighted by atomic mass is 16.3. The van der Waals surface area contributed by atoms with Gasteiger partial charge in [0.1, 0.15) is 5.82 Å². The highest BCUT2D eigenvalue weighted by Crippen LogP contribution is 2.21. The maximum Gasteiger partial charge on any atom is 0.128 e. The molecule has 1 unspecified atom stereocenters. The molecule has 4 heteroatoms. The summed E-state index contributed by atoms with van der Waals surface area (Å²) in [5, 5.41) is 16.5. The van der Waals surface area contributed by atoms with E-state index in [0.29, 0.717) is 12.6 Å². The van der Waals surface area contributed by atoms with Crippen LogP contribution in [-0.4, -0.2) is 35.8 Å². The molecule has 1 aliphatic heterocycles. The topological polar surface area (TPSA) is 48.4 Å². The SMILES string of the molecule is OC(CNC1CCN(c2ccccn2)CC1)c1ccc2ccccc2c1. The first kappa shape index (κ1) is 17.0. The Labute approximate surface area is 154 Å². The Hall–Kier alpha value is -2.43. The van der Waals surface area contributed by atoms with E-state index in [0.717, 1.165) is 37.3 Å². The summed E-state index contributed by atoms with van der Waals surface area (Å²) < 4.78 is 0. The van der Waals surface area contributed by atoms with Gasteiger partial charge in [0.2, 0.25) is 0 Å². The molecule has 2 N–H and O–H groups in total. The number of piperidine rings is 1. The van der Waals surface area contributed by atoms with Crippen LogP contribution in [0.1, 0.15) is 24.5 Å². The van der Waals surface area contributed by atoms with Gasteiger partial charge in [-0.1, -0.05) is 42.5 Å². The lowest BCUT2D eigenvalue weighted by Crippen LogP contribution is -2.43. The van der Waals surface area contributed by atoms with Gasteiger partial charge in [0.25, 0.3) is 0 Å². The first-order valence-corrected chi connectivity index (χ1v) is 9.36. The van der Waals surface area contributed by atoms with Crippen LogP contribution in [0.4, 0.5) is 5.82 Å². The number of aliphatic hydroxyl groups is 1. The summed E-state index contributed by atoms with van der Waals surface area (Å²) in [5.74, 6) is 1.06. The number of anilines is 1. The first-order valence-electron chi connectivity index (χ1n) is 9.36. The molecule has 0 spiro atoms. The molecule has 2 heterocycles. The van der Waals surface area contributed by atoms with Gasteiger partial charge >= 0.3 is 0 Å². The number of aliphatic hydroxyl groups excluding tert-OH is 1. The van der Waals surface area contributed by atoms with Crippen molar-refractivity contribution in [3.8, 4) is 0 Å². The Morgan fingerprint density at radius 1 is 1.00 bits per heavy atom. The second-order valence-electron chi connectivity index (χ2n) is 6.98. The van der Waals surface area contributed by atoms with Crippen molar-refractivity contribution in [1.82, 2.24) is 10.3 Å². The minimum atomic E-state index is -0.478. The van der Waals surface area contributed by atoms with Crippen molar-refractivity contribution in [2.45, 2.75) is 25.0 Å². The zero-order valence-corrected chi connectivity index (χ0v) is 14.9. The Bertz CT molecular complexity index is 844. The lowest BCUT2D eigenvalue weighted by atomic mass is 10.0. The van der Waals surface area contributed by atoms with Gasteiger partial charge in [-0.3, -0.25) is 0 Å². The third-order valence-corrected chi connectivity index (χ3v) is 5.23. The summed E-state index contributed by atoms with van der Waals surface area (Å²) in [6.07, 6.45) is 3.51. The number of benzene rings is 2. The zero-order valence-electron chi connectivity index (χ0n) is 14.9. The van der Waals surface area contributed by atoms with Crippen molar-refractivity contribution >= 4 is 16.6 Å². The molecule has 0 radical (unpaired) electrons. The summed E-state index contributed by atoms with van der Waals surface area (Å²) in [6.45, 7) is 2.59. The van der Waals surface area contributed by atoms with E-state index >= 15 is 0 Å². The van der Waals surface area contributed by atoms with Crippen LogP contribution in [0, 0.1) is 0 Å². The molecule has 26 heavy (non-hydrogen) atoms. The van der Waals surface area contributed by atoms with Crippen LogP contribution in [0.2, 0.25) is 0 Å². The van der Waals surface area contributed by atoms with Gasteiger partial charge in [-0.05, 0) is 47.4 Å². The monoisotopic (exact) mass is 347 g/mol. The Kier molecular flexibility index (Phi) is 5.14. The van der Waals surface area contributed by atoms with Gasteiger partial charge in [-0.2, -0.15) is 0 Å². The van der Waals surface area contributed by atoms with Crippen LogP contribution in [0.3, 0.4) is 0 Å². The number of fused-ring (bicyclic) bond motifs is 1. The molecule has 1 aromatic heterocycles. The standard InChI is InChI=1S/C22H25N3O/c26-21(19-9-8-17-5-1-2-6-18(17)15-19)16-24-20-10-13-25(14-11-20)22-7-3-4-12-23-22/h1-9,12,15,20-21,24,26H,10-11,13-14,16H2. The predicted octanol–water partition coefficient (Wildman–Crippen LogP) is 3.53. The second-order valence-corrected chi connectivity index (χ2v) is 6.98. The van der Waals surface area contributed by atoms with Gasteiger partial charge in [0, 0.05) is 31.9 Å². The first-order chi connectivity index (χ1) is 12.8. The van der Waals surface area contributed by atoms with Gasteiger partial charge in [-0.25, -0.2) is 4.98 Å². The van der Waals surface area contributed by atoms with Crippen molar-refractivity contribution < 1.29 is 5.11 Å². The van der Waals surface area contributed by atoms with Gasteiger partial charge in [0.15, 0.2) is 0 Å². The molecule has 134 valence electrons. The smallest absolute Gasteiger partial charge is 0.128 e. The summed E-state index contributed by atoms with van der Waals surface area (Å²) in [4.78, 5) is 6.76. The molecule has 2 aromatic carbocycles. The van der Waals surface area contributed by atoms with Crippen LogP contribution >= 0.6 is 0 Å². The molecule has 1 atom stereocenters. The largest absolute Gasteiger partial charge is 0.387 e. The quantitative estimate of drug-likeness (QED) is 0.741. The van der Waals surface area contributed by atoms with E-state index in [2.05, 4.69) is 45.5 Å². The van der Waals surface area contributed by atoms with E-state index < -0.39 is 6.10 Å². The van der Waals surface area contributed by atoms with Gasteiger partial charge < -0.3 is 15.3 Å². The molecule has 4 nitrogen and oxygen atoms in total. The molecule has 1 fully saturated rings. The summed E-state index contributed by atoms with van der Waals surface area (Å²) in [5.41, 5.74) is 0.974. The number of nitrogens with one attached hydrogen (secondary N) is 1. The molecule has 0 amide bonds. The second kappa shape index (κ2) is 7.85. The third-order valence-electron chi connectivity index (χ3n) is 5.23. The average molecular weight is 347 g/mol. The summed E-state index contributed by atoms with van der Waals surface area (Å²) in [7, 11) is 0. The third kappa shape index (κ3) is 3.87. The minimum Gasteiger partial charge on any atom is -0.387 e. The zero-order chi connectivity index (χ0) is 17.8. The van der Waals surface area contributed by atoms with Crippen LogP contribution in [0.5, 0.6) is 0 Å². The van der Waals surface area contributed by atoms with E-state index in [-0.39, 0.29) is 0 Å². The Balaban J connectivity index is 1.30. The van der Waals surface area contributed by atoms with Crippen LogP contribution in [-0.2, 0) is 0 Å². The van der Waals surface area contributed by atoms with E-state index in [1.807, 2.05) is 36.5 Å². The molecule has 1 aliphatic rings. The van der Waals surface area contributed by atoms with Gasteiger partial charge in [-0.15, -0.1) is 0 Å². The fourth-order valence-electron chi connectivity index (χ4n) is 3.66. The van der Waals surface area contributed by atoms with Crippen molar-refractivity contribution in [2.75, 3.05) is 24.5 Å². The van der Waals surface area contributed by atoms with E-state index in [4.69, 9.17) is 0 Å². The summed E-state index contributed by atoms with van der Waals surface area (Å²) >= 11 is 0. The molecule has 0 saturated carbocycles. The number of rotatable bonds is 5. The highest BCUT2D eigenvalue weighted by Gasteiger charge is 2.20. The van der Waals surface area contributed by atoms with Crippen molar-refractivity contribution in [1.29, 1.82) is 0 Å². The Morgan fingerprint density at radius 2 is 1.77 bits per heavy atom. The fourth-order valence-corrected chi connectivity index (χ4v) is 3.66. The van der Waals surface area contributed by atoms with Crippen molar-refractivity contribution in [2.24, 2.45) is 0 Å². The molecule has 3 aromatic rings. The number of nitrogens with zero attached hydrogens (tertiary/aromatic N) is 2. The number of pyridine rings is 1. The van der Waals surface area contributed by atoms with E-state index in [1.165, 1.54) is 10.8 Å². The lowest BCUT2D eigenvalue weighted by Gasteiger charge is -2.33. The number of hydrogen-bond acceptors (Lipinski definition) is 4. The molecule has 0 bridgehead atoms. The Morgan fingerprint density at radius 3 is 2.54 bits per heavy atom. The maximum atomic E-state index is 10.6. The molecule has 4 rings (SSSR count). The normalized spacial score (nSPS) is 16.7. The van der Waals surface area contributed by atoms with Crippen molar-refractivity contribution in [3.05, 3.63) is 72.4 Å². The fraction of sp³-hybridized carbons (Fsp3) is 0.318. The van der Waals surface area contributed by atoms with E-state index in [9.17, 15) is 5.11 Å². The number of hydrogen-bond donors (Lipinski definition) is 2. The van der Waals surface area contributed by atoms with Crippen LogP contribution < -0.4 is 10.2 Å². The molecular weight excluding hydrogens is 322 g/mol. The van der Waals surface area contributed by atoms with Crippen molar-refractivity contribution in [3.63, 3.8) is 0 Å². The molecule has 1 saturated heterocycles. The maximum absolute atomic E-state index is 10.6. The van der Waals surface area contributed by atoms with Crippen LogP contribution in [0.15, 0.2) is 66.9 Å².